The number of nitrogens with zero attached hydrogens (tertiary/aromatic N) is 1. The van der Waals surface area contributed by atoms with Gasteiger partial charge in [0.2, 0.25) is 0 Å². The predicted octanol–water partition coefficient (Wildman–Crippen LogP) is 2.15. The van der Waals surface area contributed by atoms with Crippen molar-refractivity contribution in [2.24, 2.45) is 0 Å². The highest BCUT2D eigenvalue weighted by molar-refractivity contribution is 5.83. The molecule has 0 saturated carbocycles. The molecule has 1 amide bonds. The van der Waals surface area contributed by atoms with E-state index in [-0.39, 0.29) is 13.0 Å². The predicted molar refractivity (Wildman–Crippen MR) is 62.9 cm³/mol. The summed E-state index contributed by atoms with van der Waals surface area (Å²) in [5.74, 6) is -3.23. The number of aliphatic carboxylic acids is 1. The highest BCUT2D eigenvalue weighted by Crippen LogP contribution is 2.35. The Morgan fingerprint density at radius 3 is 2.55 bits per heavy atom. The van der Waals surface area contributed by atoms with Crippen molar-refractivity contribution in [2.45, 2.75) is 25.1 Å². The van der Waals surface area contributed by atoms with Gasteiger partial charge in [0.25, 0.3) is 0 Å². The Morgan fingerprint density at radius 1 is 1.30 bits per heavy atom. The number of benzene rings is 1. The van der Waals surface area contributed by atoms with E-state index in [4.69, 9.17) is 5.11 Å². The number of halogens is 3. The number of carbonyl (C=O) groups excluding carboxylic acids is 1. The van der Waals surface area contributed by atoms with Gasteiger partial charge in [0.15, 0.2) is 0 Å². The fourth-order valence-corrected chi connectivity index (χ4v) is 2.44. The number of hydrogen-bond acceptors (Lipinski definition) is 2. The molecule has 0 radical (unpaired) electrons. The van der Waals surface area contributed by atoms with E-state index in [0.29, 0.717) is 10.5 Å². The van der Waals surface area contributed by atoms with Crippen molar-refractivity contribution in [3.05, 3.63) is 35.4 Å². The van der Waals surface area contributed by atoms with E-state index in [2.05, 4.69) is 0 Å². The lowest BCUT2D eigenvalue weighted by atomic mass is 9.90. The summed E-state index contributed by atoms with van der Waals surface area (Å²) in [6, 6.07) is 5.58. The zero-order valence-electron chi connectivity index (χ0n) is 10.4. The number of carboxylic acid groups (broad SMARTS) is 1. The van der Waals surface area contributed by atoms with Gasteiger partial charge in [0.1, 0.15) is 0 Å². The van der Waals surface area contributed by atoms with E-state index in [1.807, 2.05) is 0 Å². The molecule has 0 aromatic heterocycles. The summed E-state index contributed by atoms with van der Waals surface area (Å²) in [7, 11) is 0. The number of fused-ring (bicyclic) bond motifs is 1. The van der Waals surface area contributed by atoms with Crippen LogP contribution in [0.2, 0.25) is 0 Å². The standard InChI is InChI=1S/C13H12F3NO3/c14-13(15,16)12(20)17-6-5-8-3-1-2-4-9(8)10(17)7-11(18)19/h1-4,10H,5-7H2,(H,18,19)/t10-/m0/s1. The molecule has 1 atom stereocenters. The average Bonchev–Trinajstić information content (AvgIpc) is 2.37. The summed E-state index contributed by atoms with van der Waals surface area (Å²) in [5, 5.41) is 8.87. The van der Waals surface area contributed by atoms with Gasteiger partial charge in [-0.3, -0.25) is 9.59 Å². The Hall–Kier alpha value is -2.05. The van der Waals surface area contributed by atoms with E-state index >= 15 is 0 Å². The van der Waals surface area contributed by atoms with E-state index in [1.54, 1.807) is 24.3 Å². The first-order chi connectivity index (χ1) is 9.30. The topological polar surface area (TPSA) is 57.6 Å². The zero-order valence-corrected chi connectivity index (χ0v) is 10.4. The lowest BCUT2D eigenvalue weighted by molar-refractivity contribution is -0.189. The fraction of sp³-hybridized carbons (Fsp3) is 0.385. The van der Waals surface area contributed by atoms with Crippen LogP contribution < -0.4 is 0 Å². The van der Waals surface area contributed by atoms with Crippen molar-refractivity contribution in [3.8, 4) is 0 Å². The van der Waals surface area contributed by atoms with Gasteiger partial charge in [0.05, 0.1) is 12.5 Å². The third kappa shape index (κ3) is 2.76. The Bertz CT molecular complexity index is 542. The molecule has 108 valence electrons. The first-order valence-corrected chi connectivity index (χ1v) is 5.98. The zero-order chi connectivity index (χ0) is 14.9. The molecule has 1 aromatic rings. The largest absolute Gasteiger partial charge is 0.481 e. The SMILES string of the molecule is O=C(O)C[C@H]1c2ccccc2CCN1C(=O)C(F)(F)F. The van der Waals surface area contributed by atoms with Crippen LogP contribution in [-0.2, 0) is 16.0 Å². The maximum Gasteiger partial charge on any atom is 0.471 e. The van der Waals surface area contributed by atoms with Crippen molar-refractivity contribution >= 4 is 11.9 Å². The summed E-state index contributed by atoms with van der Waals surface area (Å²) in [4.78, 5) is 22.9. The first-order valence-electron chi connectivity index (χ1n) is 5.98. The van der Waals surface area contributed by atoms with Crippen LogP contribution in [0, 0.1) is 0 Å². The monoisotopic (exact) mass is 287 g/mol. The van der Waals surface area contributed by atoms with Gasteiger partial charge in [-0.05, 0) is 17.5 Å². The van der Waals surface area contributed by atoms with E-state index in [9.17, 15) is 22.8 Å². The summed E-state index contributed by atoms with van der Waals surface area (Å²) >= 11 is 0. The molecule has 1 aromatic carbocycles. The Balaban J connectivity index is 2.39. The number of carbonyl (C=O) groups is 2. The second-order valence-corrected chi connectivity index (χ2v) is 4.56. The van der Waals surface area contributed by atoms with Gasteiger partial charge in [-0.2, -0.15) is 13.2 Å². The van der Waals surface area contributed by atoms with Gasteiger partial charge in [-0.25, -0.2) is 0 Å². The molecule has 0 bridgehead atoms. The third-order valence-corrected chi connectivity index (χ3v) is 3.28. The number of rotatable bonds is 2. The quantitative estimate of drug-likeness (QED) is 0.906. The van der Waals surface area contributed by atoms with Crippen LogP contribution in [0.5, 0.6) is 0 Å². The number of hydrogen-bond donors (Lipinski definition) is 1. The van der Waals surface area contributed by atoms with Crippen LogP contribution in [0.15, 0.2) is 24.3 Å². The van der Waals surface area contributed by atoms with Crippen molar-refractivity contribution < 1.29 is 27.9 Å². The number of carboxylic acids is 1. The van der Waals surface area contributed by atoms with Gasteiger partial charge in [-0.1, -0.05) is 24.3 Å². The van der Waals surface area contributed by atoms with Crippen molar-refractivity contribution in [1.82, 2.24) is 4.90 Å². The van der Waals surface area contributed by atoms with Crippen molar-refractivity contribution in [1.29, 1.82) is 0 Å². The van der Waals surface area contributed by atoms with Gasteiger partial charge in [0, 0.05) is 6.54 Å². The lowest BCUT2D eigenvalue weighted by Crippen LogP contribution is -2.47. The first kappa shape index (κ1) is 14.4. The lowest BCUT2D eigenvalue weighted by Gasteiger charge is -2.36. The fourth-order valence-electron chi connectivity index (χ4n) is 2.44. The Kier molecular flexibility index (Phi) is 3.69. The molecule has 0 unspecified atom stereocenters. The summed E-state index contributed by atoms with van der Waals surface area (Å²) in [6.07, 6.45) is -5.25. The Morgan fingerprint density at radius 2 is 1.95 bits per heavy atom. The van der Waals surface area contributed by atoms with Crippen LogP contribution >= 0.6 is 0 Å². The van der Waals surface area contributed by atoms with Crippen LogP contribution in [-0.4, -0.2) is 34.6 Å². The molecule has 0 aliphatic carbocycles. The van der Waals surface area contributed by atoms with Crippen molar-refractivity contribution in [2.75, 3.05) is 6.54 Å². The molecular weight excluding hydrogens is 275 g/mol. The van der Waals surface area contributed by atoms with Crippen LogP contribution in [0.4, 0.5) is 13.2 Å². The van der Waals surface area contributed by atoms with E-state index < -0.39 is 30.5 Å². The van der Waals surface area contributed by atoms with Gasteiger partial charge in [-0.15, -0.1) is 0 Å². The second-order valence-electron chi connectivity index (χ2n) is 4.56. The molecule has 1 N–H and O–H groups in total. The van der Waals surface area contributed by atoms with Crippen LogP contribution in [0.1, 0.15) is 23.6 Å². The molecule has 1 aliphatic heterocycles. The summed E-state index contributed by atoms with van der Waals surface area (Å²) in [6.45, 7) is -0.132. The molecule has 7 heteroatoms. The number of amides is 1. The molecule has 1 aliphatic rings. The van der Waals surface area contributed by atoms with Gasteiger partial charge >= 0.3 is 18.1 Å². The minimum Gasteiger partial charge on any atom is -0.481 e. The molecule has 0 fully saturated rings. The molecule has 2 rings (SSSR count). The smallest absolute Gasteiger partial charge is 0.471 e. The van der Waals surface area contributed by atoms with Crippen LogP contribution in [0.3, 0.4) is 0 Å². The maximum absolute atomic E-state index is 12.6. The van der Waals surface area contributed by atoms with E-state index in [1.165, 1.54) is 0 Å². The molecular formula is C13H12F3NO3. The highest BCUT2D eigenvalue weighted by Gasteiger charge is 2.46. The molecule has 20 heavy (non-hydrogen) atoms. The highest BCUT2D eigenvalue weighted by atomic mass is 19.4. The average molecular weight is 287 g/mol. The molecule has 4 nitrogen and oxygen atoms in total. The van der Waals surface area contributed by atoms with Crippen molar-refractivity contribution in [3.63, 3.8) is 0 Å². The molecule has 0 spiro atoms. The normalized spacial score (nSPS) is 18.6. The minimum atomic E-state index is -5.00. The molecule has 0 saturated heterocycles. The molecule has 1 heterocycles. The summed E-state index contributed by atoms with van der Waals surface area (Å²) < 4.78 is 37.7. The second kappa shape index (κ2) is 5.15. The van der Waals surface area contributed by atoms with Gasteiger partial charge < -0.3 is 10.0 Å². The Labute approximate surface area is 112 Å². The van der Waals surface area contributed by atoms with Crippen LogP contribution in [0.25, 0.3) is 0 Å². The minimum absolute atomic E-state index is 0.132. The number of alkyl halides is 3. The van der Waals surface area contributed by atoms with E-state index in [0.717, 1.165) is 5.56 Å². The summed E-state index contributed by atoms with van der Waals surface area (Å²) in [5.41, 5.74) is 1.25. The third-order valence-electron chi connectivity index (χ3n) is 3.28. The maximum atomic E-state index is 12.6.